The molecule has 112 valence electrons. The first-order valence-corrected chi connectivity index (χ1v) is 8.70. The molecule has 4 rings (SSSR count). The average molecular weight is 314 g/mol. The van der Waals surface area contributed by atoms with E-state index in [4.69, 9.17) is 0 Å². The van der Waals surface area contributed by atoms with Crippen LogP contribution in [-0.2, 0) is 0 Å². The van der Waals surface area contributed by atoms with E-state index in [-0.39, 0.29) is 0 Å². The van der Waals surface area contributed by atoms with E-state index in [1.54, 1.807) is 0 Å². The highest BCUT2D eigenvalue weighted by molar-refractivity contribution is 8.00. The van der Waals surface area contributed by atoms with Crippen molar-refractivity contribution in [3.63, 3.8) is 0 Å². The van der Waals surface area contributed by atoms with Crippen LogP contribution in [0.1, 0.15) is 11.1 Å². The summed E-state index contributed by atoms with van der Waals surface area (Å²) in [5.74, 6) is 0. The van der Waals surface area contributed by atoms with Crippen molar-refractivity contribution < 1.29 is 0 Å². The van der Waals surface area contributed by atoms with Crippen molar-refractivity contribution in [2.45, 2.75) is 23.6 Å². The van der Waals surface area contributed by atoms with Gasteiger partial charge in [-0.25, -0.2) is 0 Å². The standard InChI is InChI=1S/C22H18S/c1-15-11-13-17-7-3-5-9-19(17)21(15)23-22-16(2)12-14-18-8-4-6-10-20(18)22/h3-14H,1-2H3. The average Bonchev–Trinajstić information content (AvgIpc) is 2.59. The third-order valence-corrected chi connectivity index (χ3v) is 5.85. The Labute approximate surface area is 141 Å². The molecule has 0 amide bonds. The Morgan fingerprint density at radius 3 is 1.43 bits per heavy atom. The molecule has 0 N–H and O–H groups in total. The largest absolute Gasteiger partial charge is 0.0882 e. The van der Waals surface area contributed by atoms with E-state index in [1.807, 2.05) is 11.8 Å². The van der Waals surface area contributed by atoms with Gasteiger partial charge in [-0.05, 0) is 46.5 Å². The minimum absolute atomic E-state index is 1.30. The molecular formula is C22H18S. The number of aryl methyl sites for hydroxylation is 2. The topological polar surface area (TPSA) is 0 Å². The smallest absolute Gasteiger partial charge is 0.0230 e. The van der Waals surface area contributed by atoms with Crippen molar-refractivity contribution in [2.75, 3.05) is 0 Å². The van der Waals surface area contributed by atoms with Crippen molar-refractivity contribution in [3.05, 3.63) is 83.9 Å². The van der Waals surface area contributed by atoms with E-state index < -0.39 is 0 Å². The lowest BCUT2D eigenvalue weighted by Crippen LogP contribution is -1.87. The Bertz CT molecular complexity index is 931. The molecule has 0 fully saturated rings. The lowest BCUT2D eigenvalue weighted by atomic mass is 10.1. The first kappa shape index (κ1) is 14.3. The van der Waals surface area contributed by atoms with E-state index in [1.165, 1.54) is 42.5 Å². The molecule has 1 heteroatoms. The molecule has 4 aromatic carbocycles. The molecule has 0 saturated carbocycles. The predicted molar refractivity (Wildman–Crippen MR) is 101 cm³/mol. The van der Waals surface area contributed by atoms with Crippen LogP contribution in [0.3, 0.4) is 0 Å². The quantitative estimate of drug-likeness (QED) is 0.394. The summed E-state index contributed by atoms with van der Waals surface area (Å²) in [6, 6.07) is 26.2. The van der Waals surface area contributed by atoms with Gasteiger partial charge < -0.3 is 0 Å². The van der Waals surface area contributed by atoms with E-state index >= 15 is 0 Å². The van der Waals surface area contributed by atoms with Crippen LogP contribution in [0.15, 0.2) is 82.6 Å². The Hall–Kier alpha value is -2.25. The maximum absolute atomic E-state index is 2.23. The predicted octanol–water partition coefficient (Wildman–Crippen LogP) is 6.76. The van der Waals surface area contributed by atoms with Crippen LogP contribution < -0.4 is 0 Å². The van der Waals surface area contributed by atoms with Crippen LogP contribution in [0.2, 0.25) is 0 Å². The van der Waals surface area contributed by atoms with E-state index in [0.717, 1.165) is 0 Å². The fraction of sp³-hybridized carbons (Fsp3) is 0.0909. The first-order chi connectivity index (χ1) is 11.2. The zero-order valence-corrected chi connectivity index (χ0v) is 14.2. The number of hydrogen-bond acceptors (Lipinski definition) is 1. The SMILES string of the molecule is Cc1ccc2ccccc2c1Sc1c(C)ccc2ccccc12. The highest BCUT2D eigenvalue weighted by atomic mass is 32.2. The Morgan fingerprint density at radius 1 is 0.522 bits per heavy atom. The molecule has 23 heavy (non-hydrogen) atoms. The summed E-state index contributed by atoms with van der Waals surface area (Å²) in [6.45, 7) is 4.41. The van der Waals surface area contributed by atoms with Gasteiger partial charge in [-0.15, -0.1) is 0 Å². The molecular weight excluding hydrogens is 296 g/mol. The summed E-state index contributed by atoms with van der Waals surface area (Å²) in [4.78, 5) is 2.73. The van der Waals surface area contributed by atoms with Crippen molar-refractivity contribution in [2.24, 2.45) is 0 Å². The molecule has 0 spiro atoms. The molecule has 0 nitrogen and oxygen atoms in total. The first-order valence-electron chi connectivity index (χ1n) is 7.88. The van der Waals surface area contributed by atoms with Gasteiger partial charge in [0, 0.05) is 9.79 Å². The minimum atomic E-state index is 1.30. The molecule has 0 aliphatic heterocycles. The van der Waals surface area contributed by atoms with Gasteiger partial charge in [0.2, 0.25) is 0 Å². The van der Waals surface area contributed by atoms with Crippen LogP contribution in [0, 0.1) is 13.8 Å². The fourth-order valence-electron chi connectivity index (χ4n) is 3.08. The van der Waals surface area contributed by atoms with E-state index in [9.17, 15) is 0 Å². The second kappa shape index (κ2) is 5.75. The highest BCUT2D eigenvalue weighted by Gasteiger charge is 2.11. The van der Waals surface area contributed by atoms with Gasteiger partial charge in [0.25, 0.3) is 0 Å². The van der Waals surface area contributed by atoms with Crippen molar-refractivity contribution in [1.29, 1.82) is 0 Å². The summed E-state index contributed by atoms with van der Waals surface area (Å²) in [5.41, 5.74) is 2.67. The van der Waals surface area contributed by atoms with Gasteiger partial charge >= 0.3 is 0 Å². The Morgan fingerprint density at radius 2 is 0.957 bits per heavy atom. The Balaban J connectivity index is 1.95. The van der Waals surface area contributed by atoms with Crippen LogP contribution >= 0.6 is 11.8 Å². The fourth-order valence-corrected chi connectivity index (χ4v) is 4.33. The van der Waals surface area contributed by atoms with Crippen molar-refractivity contribution in [1.82, 2.24) is 0 Å². The third-order valence-electron chi connectivity index (χ3n) is 4.36. The van der Waals surface area contributed by atoms with Crippen molar-refractivity contribution >= 4 is 33.3 Å². The summed E-state index contributed by atoms with van der Waals surface area (Å²) < 4.78 is 0. The minimum Gasteiger partial charge on any atom is -0.0882 e. The van der Waals surface area contributed by atoms with Gasteiger partial charge in [0.1, 0.15) is 0 Å². The summed E-state index contributed by atoms with van der Waals surface area (Å²) in [5, 5.41) is 5.28. The van der Waals surface area contributed by atoms with Gasteiger partial charge in [0.15, 0.2) is 0 Å². The van der Waals surface area contributed by atoms with Gasteiger partial charge in [0.05, 0.1) is 0 Å². The lowest BCUT2D eigenvalue weighted by Gasteiger charge is -2.14. The monoisotopic (exact) mass is 314 g/mol. The van der Waals surface area contributed by atoms with Crippen molar-refractivity contribution in [3.8, 4) is 0 Å². The van der Waals surface area contributed by atoms with Crippen LogP contribution in [0.4, 0.5) is 0 Å². The van der Waals surface area contributed by atoms with Crippen LogP contribution in [-0.4, -0.2) is 0 Å². The molecule has 0 atom stereocenters. The second-order valence-electron chi connectivity index (χ2n) is 5.97. The molecule has 0 radical (unpaired) electrons. The molecule has 4 aromatic rings. The van der Waals surface area contributed by atoms with Crippen LogP contribution in [0.5, 0.6) is 0 Å². The third kappa shape index (κ3) is 2.51. The molecule has 0 heterocycles. The van der Waals surface area contributed by atoms with E-state index in [2.05, 4.69) is 86.6 Å². The molecule has 0 aromatic heterocycles. The van der Waals surface area contributed by atoms with E-state index in [0.29, 0.717) is 0 Å². The Kier molecular flexibility index (Phi) is 3.59. The summed E-state index contributed by atoms with van der Waals surface area (Å²) >= 11 is 1.90. The lowest BCUT2D eigenvalue weighted by molar-refractivity contribution is 1.31. The van der Waals surface area contributed by atoms with Gasteiger partial charge in [-0.2, -0.15) is 0 Å². The number of rotatable bonds is 2. The summed E-state index contributed by atoms with van der Waals surface area (Å²) in [7, 11) is 0. The molecule has 0 bridgehead atoms. The maximum atomic E-state index is 2.23. The highest BCUT2D eigenvalue weighted by Crippen LogP contribution is 2.40. The number of fused-ring (bicyclic) bond motifs is 2. The normalized spacial score (nSPS) is 11.2. The maximum Gasteiger partial charge on any atom is 0.0230 e. The number of hydrogen-bond donors (Lipinski definition) is 0. The second-order valence-corrected chi connectivity index (χ2v) is 6.99. The molecule has 0 saturated heterocycles. The van der Waals surface area contributed by atoms with Crippen LogP contribution in [0.25, 0.3) is 21.5 Å². The zero-order valence-electron chi connectivity index (χ0n) is 13.3. The molecule has 0 aliphatic carbocycles. The molecule has 0 unspecified atom stereocenters. The van der Waals surface area contributed by atoms with Gasteiger partial charge in [-0.3, -0.25) is 0 Å². The summed E-state index contributed by atoms with van der Waals surface area (Å²) in [6.07, 6.45) is 0. The molecule has 0 aliphatic rings. The van der Waals surface area contributed by atoms with Gasteiger partial charge in [-0.1, -0.05) is 84.6 Å². The zero-order chi connectivity index (χ0) is 15.8. The number of benzene rings is 4.